The van der Waals surface area contributed by atoms with Gasteiger partial charge in [-0.3, -0.25) is 0 Å². The first-order chi connectivity index (χ1) is 7.70. The topological polar surface area (TPSA) is 75.6 Å². The third kappa shape index (κ3) is 10.8. The highest BCUT2D eigenvalue weighted by Gasteiger charge is 2.16. The summed E-state index contributed by atoms with van der Waals surface area (Å²) in [6, 6.07) is 0. The monoisotopic (exact) mass is 243 g/mol. The molecular weight excluding hydrogens is 222 g/mol. The standard InChI is InChI=1S/C12H21NO4/c1-9(6-5-7-10(14)15)8-13-11(16)17-12(2,3)4/h5,7,9H,6,8H2,1-4H3,(H,13,16)(H,14,15). The Morgan fingerprint density at radius 2 is 2.00 bits per heavy atom. The number of carboxylic acid groups (broad SMARTS) is 1. The molecule has 0 spiro atoms. The van der Waals surface area contributed by atoms with Crippen molar-refractivity contribution < 1.29 is 19.4 Å². The summed E-state index contributed by atoms with van der Waals surface area (Å²) in [5.74, 6) is -0.796. The Balaban J connectivity index is 3.81. The number of carbonyl (C=O) groups is 2. The second-order valence-corrected chi connectivity index (χ2v) is 4.96. The minimum atomic E-state index is -0.961. The molecule has 5 heteroatoms. The van der Waals surface area contributed by atoms with Gasteiger partial charge in [-0.1, -0.05) is 13.0 Å². The molecule has 0 aliphatic carbocycles. The number of aliphatic carboxylic acids is 1. The van der Waals surface area contributed by atoms with E-state index in [0.29, 0.717) is 13.0 Å². The van der Waals surface area contributed by atoms with Crippen molar-refractivity contribution >= 4 is 12.1 Å². The Hall–Kier alpha value is -1.52. The van der Waals surface area contributed by atoms with Crippen LogP contribution in [0, 0.1) is 5.92 Å². The van der Waals surface area contributed by atoms with Crippen LogP contribution < -0.4 is 5.32 Å². The van der Waals surface area contributed by atoms with Crippen LogP contribution in [-0.2, 0) is 9.53 Å². The third-order valence-corrected chi connectivity index (χ3v) is 1.79. The molecule has 0 saturated heterocycles. The number of nitrogens with one attached hydrogen (secondary N) is 1. The molecule has 0 heterocycles. The minimum Gasteiger partial charge on any atom is -0.478 e. The smallest absolute Gasteiger partial charge is 0.407 e. The Morgan fingerprint density at radius 3 is 2.47 bits per heavy atom. The summed E-state index contributed by atoms with van der Waals surface area (Å²) < 4.78 is 5.07. The summed E-state index contributed by atoms with van der Waals surface area (Å²) in [7, 11) is 0. The maximum Gasteiger partial charge on any atom is 0.407 e. The van der Waals surface area contributed by atoms with Gasteiger partial charge in [0.15, 0.2) is 0 Å². The van der Waals surface area contributed by atoms with Crippen molar-refractivity contribution in [3.63, 3.8) is 0 Å². The van der Waals surface area contributed by atoms with E-state index in [4.69, 9.17) is 9.84 Å². The lowest BCUT2D eigenvalue weighted by molar-refractivity contribution is -0.131. The molecule has 1 amide bonds. The zero-order valence-electron chi connectivity index (χ0n) is 10.8. The van der Waals surface area contributed by atoms with Crippen molar-refractivity contribution in [1.29, 1.82) is 0 Å². The predicted octanol–water partition coefficient (Wildman–Crippen LogP) is 2.18. The van der Waals surface area contributed by atoms with Crippen molar-refractivity contribution in [3.8, 4) is 0 Å². The first kappa shape index (κ1) is 15.5. The molecule has 5 nitrogen and oxygen atoms in total. The minimum absolute atomic E-state index is 0.165. The normalized spacial score (nSPS) is 13.4. The number of ether oxygens (including phenoxy) is 1. The second kappa shape index (κ2) is 6.93. The lowest BCUT2D eigenvalue weighted by Crippen LogP contribution is -2.34. The molecule has 1 unspecified atom stereocenters. The van der Waals surface area contributed by atoms with Crippen LogP contribution in [0.15, 0.2) is 12.2 Å². The van der Waals surface area contributed by atoms with Gasteiger partial charge in [-0.25, -0.2) is 9.59 Å². The zero-order chi connectivity index (χ0) is 13.5. The van der Waals surface area contributed by atoms with Gasteiger partial charge in [0.2, 0.25) is 0 Å². The van der Waals surface area contributed by atoms with Gasteiger partial charge in [-0.2, -0.15) is 0 Å². The summed E-state index contributed by atoms with van der Waals surface area (Å²) in [6.07, 6.45) is 2.82. The average molecular weight is 243 g/mol. The fourth-order valence-electron chi connectivity index (χ4n) is 1.06. The van der Waals surface area contributed by atoms with Gasteiger partial charge in [-0.05, 0) is 33.1 Å². The van der Waals surface area contributed by atoms with Gasteiger partial charge >= 0.3 is 12.1 Å². The number of hydrogen-bond acceptors (Lipinski definition) is 3. The molecule has 1 atom stereocenters. The van der Waals surface area contributed by atoms with E-state index in [0.717, 1.165) is 6.08 Å². The SMILES string of the molecule is CC(CC=CC(=O)O)CNC(=O)OC(C)(C)C. The number of alkyl carbamates (subject to hydrolysis) is 1. The molecule has 0 aliphatic heterocycles. The fraction of sp³-hybridized carbons (Fsp3) is 0.667. The molecule has 0 aliphatic rings. The summed E-state index contributed by atoms with van der Waals surface area (Å²) in [5, 5.41) is 11.0. The number of carbonyl (C=O) groups excluding carboxylic acids is 1. The van der Waals surface area contributed by atoms with E-state index < -0.39 is 17.7 Å². The highest BCUT2D eigenvalue weighted by atomic mass is 16.6. The van der Waals surface area contributed by atoms with E-state index in [1.807, 2.05) is 6.92 Å². The van der Waals surface area contributed by atoms with Gasteiger partial charge < -0.3 is 15.2 Å². The maximum atomic E-state index is 11.3. The van der Waals surface area contributed by atoms with Crippen LogP contribution in [-0.4, -0.2) is 29.3 Å². The number of hydrogen-bond donors (Lipinski definition) is 2. The molecule has 0 radical (unpaired) electrons. The van der Waals surface area contributed by atoms with Gasteiger partial charge in [0.25, 0.3) is 0 Å². The molecule has 0 aromatic heterocycles. The number of allylic oxidation sites excluding steroid dienone is 1. The van der Waals surface area contributed by atoms with E-state index >= 15 is 0 Å². The zero-order valence-corrected chi connectivity index (χ0v) is 10.8. The molecule has 0 aromatic carbocycles. The second-order valence-electron chi connectivity index (χ2n) is 4.96. The molecule has 0 saturated carbocycles. The van der Waals surface area contributed by atoms with Crippen LogP contribution in [0.1, 0.15) is 34.1 Å². The fourth-order valence-corrected chi connectivity index (χ4v) is 1.06. The first-order valence-electron chi connectivity index (χ1n) is 5.57. The Kier molecular flexibility index (Phi) is 6.31. The van der Waals surface area contributed by atoms with E-state index in [1.54, 1.807) is 26.8 Å². The molecule has 0 fully saturated rings. The number of rotatable bonds is 5. The van der Waals surface area contributed by atoms with Crippen molar-refractivity contribution in [2.45, 2.75) is 39.7 Å². The number of carboxylic acids is 1. The number of amides is 1. The van der Waals surface area contributed by atoms with E-state index in [2.05, 4.69) is 5.32 Å². The van der Waals surface area contributed by atoms with Crippen molar-refractivity contribution in [2.75, 3.05) is 6.54 Å². The van der Waals surface area contributed by atoms with Crippen LogP contribution in [0.5, 0.6) is 0 Å². The molecule has 17 heavy (non-hydrogen) atoms. The molecule has 0 bridgehead atoms. The van der Waals surface area contributed by atoms with Crippen molar-refractivity contribution in [2.24, 2.45) is 5.92 Å². The van der Waals surface area contributed by atoms with Crippen molar-refractivity contribution in [3.05, 3.63) is 12.2 Å². The van der Waals surface area contributed by atoms with Crippen LogP contribution >= 0.6 is 0 Å². The Bertz CT molecular complexity index is 291. The average Bonchev–Trinajstić information content (AvgIpc) is 2.11. The molecule has 98 valence electrons. The van der Waals surface area contributed by atoms with Crippen LogP contribution in [0.25, 0.3) is 0 Å². The Morgan fingerprint density at radius 1 is 1.41 bits per heavy atom. The van der Waals surface area contributed by atoms with Gasteiger partial charge in [-0.15, -0.1) is 0 Å². The Labute approximate surface area is 102 Å². The van der Waals surface area contributed by atoms with Crippen LogP contribution in [0.3, 0.4) is 0 Å². The summed E-state index contributed by atoms with van der Waals surface area (Å²) in [6.45, 7) is 7.77. The quantitative estimate of drug-likeness (QED) is 0.726. The van der Waals surface area contributed by atoms with E-state index in [1.165, 1.54) is 0 Å². The largest absolute Gasteiger partial charge is 0.478 e. The first-order valence-corrected chi connectivity index (χ1v) is 5.57. The maximum absolute atomic E-state index is 11.3. The van der Waals surface area contributed by atoms with Crippen LogP contribution in [0.2, 0.25) is 0 Å². The third-order valence-electron chi connectivity index (χ3n) is 1.79. The summed E-state index contributed by atoms with van der Waals surface area (Å²) >= 11 is 0. The van der Waals surface area contributed by atoms with Crippen molar-refractivity contribution in [1.82, 2.24) is 5.32 Å². The molecule has 2 N–H and O–H groups in total. The van der Waals surface area contributed by atoms with Gasteiger partial charge in [0.05, 0.1) is 0 Å². The van der Waals surface area contributed by atoms with Gasteiger partial charge in [0.1, 0.15) is 5.60 Å². The van der Waals surface area contributed by atoms with E-state index in [-0.39, 0.29) is 5.92 Å². The molecule has 0 aromatic rings. The highest BCUT2D eigenvalue weighted by molar-refractivity contribution is 5.79. The van der Waals surface area contributed by atoms with Crippen LogP contribution in [0.4, 0.5) is 4.79 Å². The molecule has 0 rings (SSSR count). The summed E-state index contributed by atoms with van der Waals surface area (Å²) in [5.41, 5.74) is -0.503. The lowest BCUT2D eigenvalue weighted by Gasteiger charge is -2.20. The van der Waals surface area contributed by atoms with Gasteiger partial charge in [0, 0.05) is 12.6 Å². The highest BCUT2D eigenvalue weighted by Crippen LogP contribution is 2.07. The van der Waals surface area contributed by atoms with E-state index in [9.17, 15) is 9.59 Å². The molecular formula is C12H21NO4. The summed E-state index contributed by atoms with van der Waals surface area (Å²) in [4.78, 5) is 21.5. The predicted molar refractivity (Wildman–Crippen MR) is 64.8 cm³/mol. The lowest BCUT2D eigenvalue weighted by atomic mass is 10.1.